The van der Waals surface area contributed by atoms with Gasteiger partial charge in [0.05, 0.1) is 5.56 Å². The lowest BCUT2D eigenvalue weighted by Gasteiger charge is -2.23. The van der Waals surface area contributed by atoms with Crippen molar-refractivity contribution >= 4 is 11.7 Å². The van der Waals surface area contributed by atoms with E-state index in [2.05, 4.69) is 15.6 Å². The summed E-state index contributed by atoms with van der Waals surface area (Å²) in [5, 5.41) is 6.03. The van der Waals surface area contributed by atoms with Gasteiger partial charge in [-0.15, -0.1) is 0 Å². The van der Waals surface area contributed by atoms with Crippen LogP contribution in [0.2, 0.25) is 0 Å². The predicted molar refractivity (Wildman–Crippen MR) is 68.1 cm³/mol. The van der Waals surface area contributed by atoms with Crippen LogP contribution < -0.4 is 10.6 Å². The molecule has 2 N–H and O–H groups in total. The van der Waals surface area contributed by atoms with Crippen LogP contribution in [-0.2, 0) is 0 Å². The molecule has 4 heteroatoms. The molecule has 0 aromatic carbocycles. The summed E-state index contributed by atoms with van der Waals surface area (Å²) in [6.07, 6.45) is 7.61. The molecule has 0 unspecified atom stereocenters. The summed E-state index contributed by atoms with van der Waals surface area (Å²) in [6, 6.07) is 3.93. The topological polar surface area (TPSA) is 54.0 Å². The first-order valence-electron chi connectivity index (χ1n) is 6.25. The number of hydrogen-bond acceptors (Lipinski definition) is 3. The van der Waals surface area contributed by atoms with Gasteiger partial charge in [0, 0.05) is 19.3 Å². The molecule has 1 aliphatic rings. The fourth-order valence-corrected chi connectivity index (χ4v) is 2.30. The van der Waals surface area contributed by atoms with Crippen molar-refractivity contribution in [3.05, 3.63) is 23.9 Å². The average Bonchev–Trinajstić information content (AvgIpc) is 2.40. The molecular formula is C13H19N3O. The lowest BCUT2D eigenvalue weighted by Crippen LogP contribution is -2.36. The summed E-state index contributed by atoms with van der Waals surface area (Å²) in [4.78, 5) is 16.2. The zero-order chi connectivity index (χ0) is 12.1. The summed E-state index contributed by atoms with van der Waals surface area (Å²) in [6.45, 7) is 0. The van der Waals surface area contributed by atoms with E-state index in [1.807, 2.05) is 0 Å². The second-order valence-corrected chi connectivity index (χ2v) is 4.46. The molecule has 0 atom stereocenters. The Kier molecular flexibility index (Phi) is 3.96. The largest absolute Gasteiger partial charge is 0.372 e. The predicted octanol–water partition coefficient (Wildman–Crippen LogP) is 2.19. The zero-order valence-corrected chi connectivity index (χ0v) is 10.2. The molecule has 1 aromatic heterocycles. The fourth-order valence-electron chi connectivity index (χ4n) is 2.30. The van der Waals surface area contributed by atoms with Crippen LogP contribution in [0.4, 0.5) is 5.82 Å². The van der Waals surface area contributed by atoms with E-state index < -0.39 is 0 Å². The number of aromatic nitrogens is 1. The molecule has 0 spiro atoms. The number of rotatable bonds is 3. The molecular weight excluding hydrogens is 214 g/mol. The van der Waals surface area contributed by atoms with Crippen LogP contribution in [0.1, 0.15) is 42.5 Å². The second kappa shape index (κ2) is 5.66. The van der Waals surface area contributed by atoms with E-state index in [-0.39, 0.29) is 5.91 Å². The van der Waals surface area contributed by atoms with E-state index in [1.165, 1.54) is 19.3 Å². The van der Waals surface area contributed by atoms with E-state index in [4.69, 9.17) is 0 Å². The number of carbonyl (C=O) groups is 1. The van der Waals surface area contributed by atoms with Crippen molar-refractivity contribution in [2.24, 2.45) is 0 Å². The Balaban J connectivity index is 2.03. The molecule has 4 nitrogen and oxygen atoms in total. The van der Waals surface area contributed by atoms with Crippen LogP contribution >= 0.6 is 0 Å². The van der Waals surface area contributed by atoms with Gasteiger partial charge in [-0.2, -0.15) is 0 Å². The summed E-state index contributed by atoms with van der Waals surface area (Å²) < 4.78 is 0. The van der Waals surface area contributed by atoms with Gasteiger partial charge in [0.25, 0.3) is 5.91 Å². The van der Waals surface area contributed by atoms with Crippen molar-refractivity contribution in [3.8, 4) is 0 Å². The van der Waals surface area contributed by atoms with Crippen LogP contribution in [-0.4, -0.2) is 24.0 Å². The first-order chi connectivity index (χ1) is 8.31. The molecule has 0 radical (unpaired) electrons. The number of carbonyl (C=O) groups excluding carboxylic acids is 1. The third-order valence-electron chi connectivity index (χ3n) is 3.23. The molecule has 1 aliphatic carbocycles. The quantitative estimate of drug-likeness (QED) is 0.841. The van der Waals surface area contributed by atoms with Crippen molar-refractivity contribution in [1.29, 1.82) is 0 Å². The summed E-state index contributed by atoms with van der Waals surface area (Å²) >= 11 is 0. The van der Waals surface area contributed by atoms with Crippen LogP contribution in [0.3, 0.4) is 0 Å². The van der Waals surface area contributed by atoms with Crippen molar-refractivity contribution in [3.63, 3.8) is 0 Å². The van der Waals surface area contributed by atoms with Gasteiger partial charge in [0.1, 0.15) is 5.82 Å². The Morgan fingerprint density at radius 1 is 1.35 bits per heavy atom. The smallest absolute Gasteiger partial charge is 0.255 e. The molecule has 1 fully saturated rings. The number of amides is 1. The number of pyridine rings is 1. The molecule has 2 rings (SSSR count). The van der Waals surface area contributed by atoms with E-state index in [0.717, 1.165) is 12.8 Å². The molecule has 1 heterocycles. The van der Waals surface area contributed by atoms with Gasteiger partial charge in [-0.05, 0) is 25.0 Å². The first kappa shape index (κ1) is 11.9. The van der Waals surface area contributed by atoms with Gasteiger partial charge in [0.2, 0.25) is 0 Å². The maximum Gasteiger partial charge on any atom is 0.255 e. The number of nitrogens with zero attached hydrogens (tertiary/aromatic N) is 1. The fraction of sp³-hybridized carbons (Fsp3) is 0.538. The van der Waals surface area contributed by atoms with Gasteiger partial charge in [0.15, 0.2) is 0 Å². The molecule has 17 heavy (non-hydrogen) atoms. The molecule has 1 aromatic rings. The van der Waals surface area contributed by atoms with Crippen LogP contribution in [0.25, 0.3) is 0 Å². The van der Waals surface area contributed by atoms with Gasteiger partial charge in [-0.25, -0.2) is 4.98 Å². The summed E-state index contributed by atoms with van der Waals surface area (Å²) in [5.74, 6) is 0.621. The highest BCUT2D eigenvalue weighted by atomic mass is 16.1. The summed E-state index contributed by atoms with van der Waals surface area (Å²) in [7, 11) is 1.78. The van der Waals surface area contributed by atoms with Crippen molar-refractivity contribution in [1.82, 2.24) is 10.3 Å². The SMILES string of the molecule is CNc1ncccc1C(=O)NC1CCCCC1. The number of nitrogens with one attached hydrogen (secondary N) is 2. The van der Waals surface area contributed by atoms with Gasteiger partial charge >= 0.3 is 0 Å². The van der Waals surface area contributed by atoms with E-state index in [9.17, 15) is 4.79 Å². The minimum atomic E-state index is -0.0191. The van der Waals surface area contributed by atoms with Gasteiger partial charge in [-0.1, -0.05) is 19.3 Å². The Morgan fingerprint density at radius 3 is 2.82 bits per heavy atom. The Hall–Kier alpha value is -1.58. The van der Waals surface area contributed by atoms with Crippen molar-refractivity contribution < 1.29 is 4.79 Å². The molecule has 0 aliphatic heterocycles. The Morgan fingerprint density at radius 2 is 2.12 bits per heavy atom. The van der Waals surface area contributed by atoms with E-state index in [0.29, 0.717) is 17.4 Å². The normalized spacial score (nSPS) is 16.5. The molecule has 1 amide bonds. The van der Waals surface area contributed by atoms with Gasteiger partial charge in [-0.3, -0.25) is 4.79 Å². The summed E-state index contributed by atoms with van der Waals surface area (Å²) in [5.41, 5.74) is 0.626. The molecule has 92 valence electrons. The Labute approximate surface area is 102 Å². The first-order valence-corrected chi connectivity index (χ1v) is 6.25. The monoisotopic (exact) mass is 233 g/mol. The van der Waals surface area contributed by atoms with E-state index >= 15 is 0 Å². The van der Waals surface area contributed by atoms with Gasteiger partial charge < -0.3 is 10.6 Å². The highest BCUT2D eigenvalue weighted by Gasteiger charge is 2.18. The minimum absolute atomic E-state index is 0.0191. The lowest BCUT2D eigenvalue weighted by atomic mass is 9.95. The highest BCUT2D eigenvalue weighted by molar-refractivity contribution is 5.98. The third-order valence-corrected chi connectivity index (χ3v) is 3.23. The highest BCUT2D eigenvalue weighted by Crippen LogP contribution is 2.18. The molecule has 0 bridgehead atoms. The number of hydrogen-bond donors (Lipinski definition) is 2. The third kappa shape index (κ3) is 2.96. The zero-order valence-electron chi connectivity index (χ0n) is 10.2. The average molecular weight is 233 g/mol. The van der Waals surface area contributed by atoms with Crippen LogP contribution in [0.5, 0.6) is 0 Å². The van der Waals surface area contributed by atoms with E-state index in [1.54, 1.807) is 25.4 Å². The molecule has 0 saturated heterocycles. The van der Waals surface area contributed by atoms with Crippen LogP contribution in [0, 0.1) is 0 Å². The number of anilines is 1. The van der Waals surface area contributed by atoms with Crippen molar-refractivity contribution in [2.45, 2.75) is 38.1 Å². The second-order valence-electron chi connectivity index (χ2n) is 4.46. The maximum atomic E-state index is 12.1. The maximum absolute atomic E-state index is 12.1. The Bertz CT molecular complexity index is 386. The lowest BCUT2D eigenvalue weighted by molar-refractivity contribution is 0.0928. The van der Waals surface area contributed by atoms with Crippen LogP contribution in [0.15, 0.2) is 18.3 Å². The molecule has 1 saturated carbocycles. The minimum Gasteiger partial charge on any atom is -0.372 e. The standard InChI is InChI=1S/C13H19N3O/c1-14-12-11(8-5-9-15-12)13(17)16-10-6-3-2-4-7-10/h5,8-10H,2-4,6-7H2,1H3,(H,14,15)(H,16,17). The van der Waals surface area contributed by atoms with Crippen molar-refractivity contribution in [2.75, 3.05) is 12.4 Å².